The Morgan fingerprint density at radius 1 is 1.42 bits per heavy atom. The minimum atomic E-state index is -0.577. The molecule has 24 heavy (non-hydrogen) atoms. The minimum Gasteiger partial charge on any atom is -0.399 e. The van der Waals surface area contributed by atoms with E-state index in [1.54, 1.807) is 13.1 Å². The van der Waals surface area contributed by atoms with E-state index in [1.165, 1.54) is 12.1 Å². The lowest BCUT2D eigenvalue weighted by molar-refractivity contribution is -0.402. The number of aliphatic imine (C=N–C) groups is 1. The fourth-order valence-corrected chi connectivity index (χ4v) is 2.34. The number of hydrazine groups is 1. The second kappa shape index (κ2) is 7.15. The van der Waals surface area contributed by atoms with Crippen molar-refractivity contribution in [1.29, 1.82) is 0 Å². The molecule has 1 saturated heterocycles. The molecule has 0 spiro atoms. The first-order valence-corrected chi connectivity index (χ1v) is 7.44. The predicted octanol–water partition coefficient (Wildman–Crippen LogP) is 0.385. The van der Waals surface area contributed by atoms with Crippen molar-refractivity contribution in [2.75, 3.05) is 33.4 Å². The average Bonchev–Trinajstić information content (AvgIpc) is 3.06. The molecule has 0 radical (unpaired) electrons. The van der Waals surface area contributed by atoms with Crippen LogP contribution in [0.4, 0.5) is 5.88 Å². The molecule has 10 heteroatoms. The highest BCUT2D eigenvalue weighted by Gasteiger charge is 2.19. The second-order valence-electron chi connectivity index (χ2n) is 5.12. The normalized spacial score (nSPS) is 19.5. The van der Waals surface area contributed by atoms with Crippen molar-refractivity contribution < 1.29 is 14.1 Å². The largest absolute Gasteiger partial charge is 0.433 e. The molecule has 3 rings (SSSR count). The number of rotatable bonds is 4. The highest BCUT2D eigenvalue weighted by molar-refractivity contribution is 5.90. The van der Waals surface area contributed by atoms with Gasteiger partial charge in [-0.25, -0.2) is 10.4 Å². The third-order valence-electron chi connectivity index (χ3n) is 3.42. The van der Waals surface area contributed by atoms with E-state index in [1.807, 2.05) is 6.20 Å². The smallest absolute Gasteiger partial charge is 0.399 e. The molecule has 2 aliphatic heterocycles. The van der Waals surface area contributed by atoms with Gasteiger partial charge in [-0.1, -0.05) is 0 Å². The minimum absolute atomic E-state index is 0.318. The molecule has 0 aliphatic carbocycles. The lowest BCUT2D eigenvalue weighted by Gasteiger charge is -2.27. The fraction of sp³-hybridized carbons (Fsp3) is 0.357. The predicted molar refractivity (Wildman–Crippen MR) is 86.6 cm³/mol. The van der Waals surface area contributed by atoms with E-state index in [0.29, 0.717) is 30.6 Å². The lowest BCUT2D eigenvalue weighted by Crippen LogP contribution is -2.44. The zero-order valence-electron chi connectivity index (χ0n) is 13.1. The molecular weight excluding hydrogens is 316 g/mol. The third kappa shape index (κ3) is 3.73. The highest BCUT2D eigenvalue weighted by Crippen LogP contribution is 2.26. The van der Waals surface area contributed by atoms with Gasteiger partial charge in [0.05, 0.1) is 25.0 Å². The molecule has 10 nitrogen and oxygen atoms in total. The van der Waals surface area contributed by atoms with Crippen LogP contribution in [0.1, 0.15) is 5.76 Å². The van der Waals surface area contributed by atoms with E-state index in [2.05, 4.69) is 26.1 Å². The average molecular weight is 334 g/mol. The van der Waals surface area contributed by atoms with E-state index in [-0.39, 0.29) is 5.88 Å². The summed E-state index contributed by atoms with van der Waals surface area (Å²) in [6.45, 7) is 2.96. The molecule has 3 N–H and O–H groups in total. The standard InChI is InChI=1S/C14H18N6O4/c1-15-18-14-16-10(9-19-4-6-23-7-5-19)8-11(17-14)12-2-3-13(24-12)20(21)22/h2-3,8-9,15H,4-7H2,1H3,(H2,16,17,18). The Labute approximate surface area is 138 Å². The molecule has 128 valence electrons. The number of ether oxygens (including phenoxy) is 1. The molecular formula is C14H18N6O4. The molecule has 0 unspecified atom stereocenters. The van der Waals surface area contributed by atoms with Crippen molar-refractivity contribution in [3.05, 3.63) is 46.0 Å². The van der Waals surface area contributed by atoms with Crippen LogP contribution in [0.15, 0.2) is 39.5 Å². The molecule has 0 bridgehead atoms. The summed E-state index contributed by atoms with van der Waals surface area (Å²) < 4.78 is 10.6. The summed E-state index contributed by atoms with van der Waals surface area (Å²) in [5, 5.41) is 13.9. The van der Waals surface area contributed by atoms with Gasteiger partial charge in [-0.2, -0.15) is 0 Å². The topological polar surface area (TPSA) is 117 Å². The Hall–Kier alpha value is -2.85. The SMILES string of the molecule is CNNC1=NC(c2ccc([N+](=O)[O-])o2)=CC(=CN2CCOCC2)N1. The number of furan rings is 1. The van der Waals surface area contributed by atoms with Gasteiger partial charge in [0.15, 0.2) is 5.76 Å². The summed E-state index contributed by atoms with van der Waals surface area (Å²) >= 11 is 0. The number of hydrogen-bond donors (Lipinski definition) is 3. The third-order valence-corrected chi connectivity index (χ3v) is 3.42. The van der Waals surface area contributed by atoms with Crippen LogP contribution < -0.4 is 16.2 Å². The van der Waals surface area contributed by atoms with Gasteiger partial charge in [0.2, 0.25) is 5.96 Å². The number of guanidine groups is 1. The van der Waals surface area contributed by atoms with Crippen LogP contribution in [0.25, 0.3) is 5.70 Å². The van der Waals surface area contributed by atoms with Crippen molar-refractivity contribution in [3.63, 3.8) is 0 Å². The van der Waals surface area contributed by atoms with E-state index < -0.39 is 4.92 Å². The molecule has 1 aromatic heterocycles. The first-order chi connectivity index (χ1) is 11.7. The van der Waals surface area contributed by atoms with Crippen molar-refractivity contribution >= 4 is 17.5 Å². The van der Waals surface area contributed by atoms with Gasteiger partial charge in [0, 0.05) is 26.3 Å². The number of morpholine rings is 1. The van der Waals surface area contributed by atoms with Gasteiger partial charge in [-0.05, 0) is 12.1 Å². The zero-order chi connectivity index (χ0) is 16.9. The maximum atomic E-state index is 10.8. The Bertz CT molecular complexity index is 702. The Morgan fingerprint density at radius 2 is 2.21 bits per heavy atom. The van der Waals surface area contributed by atoms with Crippen LogP contribution in [0.2, 0.25) is 0 Å². The van der Waals surface area contributed by atoms with Crippen molar-refractivity contribution in [1.82, 2.24) is 21.1 Å². The summed E-state index contributed by atoms with van der Waals surface area (Å²) in [5.74, 6) is 0.474. The van der Waals surface area contributed by atoms with Gasteiger partial charge in [0.1, 0.15) is 10.6 Å². The summed E-state index contributed by atoms with van der Waals surface area (Å²) in [6.07, 6.45) is 3.74. The van der Waals surface area contributed by atoms with Gasteiger partial charge in [-0.3, -0.25) is 15.5 Å². The Kier molecular flexibility index (Phi) is 4.77. The quantitative estimate of drug-likeness (QED) is 0.534. The van der Waals surface area contributed by atoms with E-state index in [9.17, 15) is 10.1 Å². The van der Waals surface area contributed by atoms with Gasteiger partial charge in [-0.15, -0.1) is 0 Å². The van der Waals surface area contributed by atoms with Crippen LogP contribution in [0.5, 0.6) is 0 Å². The maximum absolute atomic E-state index is 10.8. The monoisotopic (exact) mass is 334 g/mol. The van der Waals surface area contributed by atoms with Gasteiger partial charge in [0.25, 0.3) is 0 Å². The summed E-state index contributed by atoms with van der Waals surface area (Å²) in [4.78, 5) is 16.7. The summed E-state index contributed by atoms with van der Waals surface area (Å²) in [6, 6.07) is 2.84. The van der Waals surface area contributed by atoms with E-state index in [4.69, 9.17) is 9.15 Å². The van der Waals surface area contributed by atoms with Gasteiger partial charge >= 0.3 is 5.88 Å². The van der Waals surface area contributed by atoms with Crippen LogP contribution >= 0.6 is 0 Å². The van der Waals surface area contributed by atoms with Crippen LogP contribution in [-0.2, 0) is 4.74 Å². The molecule has 0 aromatic carbocycles. The molecule has 3 heterocycles. The highest BCUT2D eigenvalue weighted by atomic mass is 16.6. The van der Waals surface area contributed by atoms with Gasteiger partial charge < -0.3 is 19.4 Å². The van der Waals surface area contributed by atoms with E-state index in [0.717, 1.165) is 18.8 Å². The first kappa shape index (κ1) is 16.0. The number of nitrogens with zero attached hydrogens (tertiary/aromatic N) is 3. The van der Waals surface area contributed by atoms with Crippen LogP contribution in [0.3, 0.4) is 0 Å². The molecule has 0 atom stereocenters. The van der Waals surface area contributed by atoms with Crippen molar-refractivity contribution in [2.24, 2.45) is 4.99 Å². The lowest BCUT2D eigenvalue weighted by atomic mass is 10.2. The zero-order valence-corrected chi connectivity index (χ0v) is 13.1. The summed E-state index contributed by atoms with van der Waals surface area (Å²) in [7, 11) is 1.71. The number of allylic oxidation sites excluding steroid dienone is 1. The Morgan fingerprint density at radius 3 is 2.88 bits per heavy atom. The number of nitrogens with one attached hydrogen (secondary N) is 3. The molecule has 1 aromatic rings. The Balaban J connectivity index is 1.87. The molecule has 0 amide bonds. The van der Waals surface area contributed by atoms with E-state index >= 15 is 0 Å². The van der Waals surface area contributed by atoms with Crippen molar-refractivity contribution in [3.8, 4) is 0 Å². The fourth-order valence-electron chi connectivity index (χ4n) is 2.34. The van der Waals surface area contributed by atoms with Crippen molar-refractivity contribution in [2.45, 2.75) is 0 Å². The number of hydrogen-bond acceptors (Lipinski definition) is 9. The first-order valence-electron chi connectivity index (χ1n) is 7.44. The number of nitro groups is 1. The maximum Gasteiger partial charge on any atom is 0.433 e. The second-order valence-corrected chi connectivity index (χ2v) is 5.12. The molecule has 1 fully saturated rings. The van der Waals surface area contributed by atoms with Crippen LogP contribution in [-0.4, -0.2) is 49.1 Å². The molecule has 2 aliphatic rings. The molecule has 0 saturated carbocycles. The summed E-state index contributed by atoms with van der Waals surface area (Å²) in [5.41, 5.74) is 6.93. The van der Waals surface area contributed by atoms with Crippen LogP contribution in [0, 0.1) is 10.1 Å².